The van der Waals surface area contributed by atoms with Gasteiger partial charge in [0, 0.05) is 18.7 Å². The van der Waals surface area contributed by atoms with Gasteiger partial charge in [-0.1, -0.05) is 19.4 Å². The molecule has 0 spiro atoms. The molecule has 3 heterocycles. The van der Waals surface area contributed by atoms with Crippen LogP contribution in [0.4, 0.5) is 0 Å². The lowest BCUT2D eigenvalue weighted by Gasteiger charge is -2.35. The number of methoxy groups -OCH3 is 4. The largest absolute Gasteiger partial charge is 0.496 e. The predicted octanol–water partition coefficient (Wildman–Crippen LogP) is 3.91. The van der Waals surface area contributed by atoms with Crippen LogP contribution in [0, 0.1) is 5.92 Å². The van der Waals surface area contributed by atoms with Crippen molar-refractivity contribution in [1.82, 2.24) is 0 Å². The Morgan fingerprint density at radius 3 is 2.28 bits per heavy atom. The smallest absolute Gasteiger partial charge is 0.232 e. The molecule has 0 radical (unpaired) electrons. The Morgan fingerprint density at radius 1 is 0.923 bits per heavy atom. The molecule has 3 aliphatic heterocycles. The summed E-state index contributed by atoms with van der Waals surface area (Å²) in [5.41, 5.74) is -0.679. The standard InChI is InChI=1S/C29H38O10/c1-6-7-9-19-25(15-31-2)38-23-12-17(22(34-5)13-24(23)37-19)26-18-14-35-28(29(18,30)16-36-26)39-27-20(32-3)10-8-11-21(27)33-4/h8,10-13,18-19,25-26,28,30H,6-7,9,14-16H2,1-5H3/t18-,19+,25+,26+,28+,29-/m0/s1. The summed E-state index contributed by atoms with van der Waals surface area (Å²) in [6, 6.07) is 9.01. The Kier molecular flexibility index (Phi) is 8.27. The summed E-state index contributed by atoms with van der Waals surface area (Å²) >= 11 is 0. The number of rotatable bonds is 11. The van der Waals surface area contributed by atoms with Gasteiger partial charge < -0.3 is 47.7 Å². The second kappa shape index (κ2) is 11.7. The maximum absolute atomic E-state index is 11.8. The molecule has 10 nitrogen and oxygen atoms in total. The van der Waals surface area contributed by atoms with Crippen LogP contribution in [-0.4, -0.2) is 77.5 Å². The van der Waals surface area contributed by atoms with Crippen molar-refractivity contribution in [1.29, 1.82) is 0 Å². The van der Waals surface area contributed by atoms with Crippen molar-refractivity contribution < 1.29 is 47.7 Å². The fourth-order valence-electron chi connectivity index (χ4n) is 5.58. The number of para-hydroxylation sites is 1. The van der Waals surface area contributed by atoms with Crippen LogP contribution in [0.25, 0.3) is 0 Å². The van der Waals surface area contributed by atoms with E-state index in [1.54, 1.807) is 46.6 Å². The number of ether oxygens (including phenoxy) is 9. The molecule has 0 bridgehead atoms. The average molecular weight is 547 g/mol. The number of aliphatic hydroxyl groups is 1. The molecule has 2 fully saturated rings. The third-order valence-corrected chi connectivity index (χ3v) is 7.69. The number of fused-ring (bicyclic) bond motifs is 2. The quantitative estimate of drug-likeness (QED) is 0.446. The summed E-state index contributed by atoms with van der Waals surface area (Å²) in [7, 11) is 6.34. The Hall–Kier alpha value is -2.92. The third kappa shape index (κ3) is 5.06. The maximum atomic E-state index is 11.8. The van der Waals surface area contributed by atoms with Crippen LogP contribution in [0.1, 0.15) is 37.9 Å². The van der Waals surface area contributed by atoms with Gasteiger partial charge in [0.05, 0.1) is 53.2 Å². The minimum Gasteiger partial charge on any atom is -0.496 e. The van der Waals surface area contributed by atoms with Crippen LogP contribution in [0.15, 0.2) is 30.3 Å². The molecule has 5 rings (SSSR count). The van der Waals surface area contributed by atoms with E-state index in [2.05, 4.69) is 6.92 Å². The molecule has 2 aromatic rings. The van der Waals surface area contributed by atoms with Crippen LogP contribution < -0.4 is 28.4 Å². The van der Waals surface area contributed by atoms with E-state index in [-0.39, 0.29) is 25.4 Å². The van der Waals surface area contributed by atoms with Gasteiger partial charge in [-0.3, -0.25) is 0 Å². The lowest BCUT2D eigenvalue weighted by molar-refractivity contribution is -0.153. The van der Waals surface area contributed by atoms with Crippen molar-refractivity contribution in [3.63, 3.8) is 0 Å². The van der Waals surface area contributed by atoms with Gasteiger partial charge in [-0.05, 0) is 31.0 Å². The molecule has 1 N–H and O–H groups in total. The molecule has 2 saturated heterocycles. The molecule has 0 amide bonds. The van der Waals surface area contributed by atoms with Crippen LogP contribution in [0.3, 0.4) is 0 Å². The second-order valence-electron chi connectivity index (χ2n) is 10.1. The lowest BCUT2D eigenvalue weighted by atomic mass is 9.85. The number of benzene rings is 2. The molecule has 0 unspecified atom stereocenters. The monoisotopic (exact) mass is 546 g/mol. The summed E-state index contributed by atoms with van der Waals surface area (Å²) in [6.45, 7) is 2.78. The summed E-state index contributed by atoms with van der Waals surface area (Å²) in [4.78, 5) is 0. The lowest BCUT2D eigenvalue weighted by Crippen LogP contribution is -2.47. The molecule has 3 aliphatic rings. The first-order valence-electron chi connectivity index (χ1n) is 13.3. The number of unbranched alkanes of at least 4 members (excludes halogenated alkanes) is 1. The van der Waals surface area contributed by atoms with Gasteiger partial charge in [-0.25, -0.2) is 0 Å². The number of hydrogen-bond acceptors (Lipinski definition) is 10. The molecule has 6 atom stereocenters. The first-order chi connectivity index (χ1) is 19.0. The zero-order valence-corrected chi connectivity index (χ0v) is 23.1. The highest BCUT2D eigenvalue weighted by Crippen LogP contribution is 2.53. The second-order valence-corrected chi connectivity index (χ2v) is 10.1. The van der Waals surface area contributed by atoms with Gasteiger partial charge in [0.2, 0.25) is 12.0 Å². The summed E-state index contributed by atoms with van der Waals surface area (Å²) in [5.74, 6) is 2.65. The Bertz CT molecular complexity index is 1120. The van der Waals surface area contributed by atoms with Crippen molar-refractivity contribution >= 4 is 0 Å². The normalized spacial score (nSPS) is 29.1. The first-order valence-corrected chi connectivity index (χ1v) is 13.3. The zero-order chi connectivity index (χ0) is 27.6. The molecular weight excluding hydrogens is 508 g/mol. The van der Waals surface area contributed by atoms with Gasteiger partial charge in [-0.15, -0.1) is 0 Å². The van der Waals surface area contributed by atoms with Crippen molar-refractivity contribution in [2.45, 2.75) is 56.4 Å². The zero-order valence-electron chi connectivity index (χ0n) is 23.1. The van der Waals surface area contributed by atoms with Gasteiger partial charge in [0.25, 0.3) is 0 Å². The molecule has 10 heteroatoms. The van der Waals surface area contributed by atoms with E-state index in [9.17, 15) is 5.11 Å². The topological polar surface area (TPSA) is 103 Å². The van der Waals surface area contributed by atoms with Crippen molar-refractivity contribution in [3.05, 3.63) is 35.9 Å². The van der Waals surface area contributed by atoms with Crippen molar-refractivity contribution in [3.8, 4) is 34.5 Å². The predicted molar refractivity (Wildman–Crippen MR) is 140 cm³/mol. The summed E-state index contributed by atoms with van der Waals surface area (Å²) in [6.07, 6.45) is 1.09. The molecule has 214 valence electrons. The average Bonchev–Trinajstić information content (AvgIpc) is 3.45. The van der Waals surface area contributed by atoms with E-state index in [4.69, 9.17) is 42.6 Å². The summed E-state index contributed by atoms with van der Waals surface area (Å²) in [5, 5.41) is 11.8. The third-order valence-electron chi connectivity index (χ3n) is 7.69. The summed E-state index contributed by atoms with van der Waals surface area (Å²) < 4.78 is 53.1. The molecule has 2 aromatic carbocycles. The van der Waals surface area contributed by atoms with Crippen molar-refractivity contribution in [2.24, 2.45) is 5.92 Å². The van der Waals surface area contributed by atoms with Gasteiger partial charge in [-0.2, -0.15) is 0 Å². The van der Waals surface area contributed by atoms with Crippen LogP contribution in [0.2, 0.25) is 0 Å². The van der Waals surface area contributed by atoms with E-state index in [1.807, 2.05) is 12.1 Å². The van der Waals surface area contributed by atoms with Gasteiger partial charge in [0.15, 0.2) is 34.7 Å². The minimum absolute atomic E-state index is 0.00739. The highest BCUT2D eigenvalue weighted by Gasteiger charge is 2.61. The van der Waals surface area contributed by atoms with Crippen molar-refractivity contribution in [2.75, 3.05) is 48.3 Å². The highest BCUT2D eigenvalue weighted by atomic mass is 16.7. The highest BCUT2D eigenvalue weighted by molar-refractivity contribution is 5.54. The maximum Gasteiger partial charge on any atom is 0.232 e. The molecule has 0 aromatic heterocycles. The van der Waals surface area contributed by atoms with Gasteiger partial charge in [0.1, 0.15) is 11.9 Å². The van der Waals surface area contributed by atoms with E-state index in [0.717, 1.165) is 24.8 Å². The SMILES string of the molecule is CCCC[C@H]1Oc2cc(OC)c([C@H]3OC[C@@]4(O)[C@@H](Oc5c(OC)cccc5OC)OC[C@@H]34)cc2O[C@@H]1COC. The Labute approximate surface area is 228 Å². The number of hydrogen-bond donors (Lipinski definition) is 1. The van der Waals surface area contributed by atoms with Crippen LogP contribution in [0.5, 0.6) is 34.5 Å². The van der Waals surface area contributed by atoms with E-state index in [0.29, 0.717) is 41.1 Å². The van der Waals surface area contributed by atoms with E-state index >= 15 is 0 Å². The Morgan fingerprint density at radius 2 is 1.62 bits per heavy atom. The Balaban J connectivity index is 1.41. The van der Waals surface area contributed by atoms with E-state index in [1.165, 1.54) is 0 Å². The van der Waals surface area contributed by atoms with Gasteiger partial charge >= 0.3 is 0 Å². The molecule has 39 heavy (non-hydrogen) atoms. The van der Waals surface area contributed by atoms with E-state index < -0.39 is 23.9 Å². The molecule has 0 saturated carbocycles. The molecular formula is C29H38O10. The fraction of sp³-hybridized carbons (Fsp3) is 0.586. The fourth-order valence-corrected chi connectivity index (χ4v) is 5.58. The minimum atomic E-state index is -1.42. The van der Waals surface area contributed by atoms with Crippen LogP contribution in [-0.2, 0) is 14.2 Å². The molecule has 0 aliphatic carbocycles. The first kappa shape index (κ1) is 27.6. The van der Waals surface area contributed by atoms with Crippen LogP contribution >= 0.6 is 0 Å².